The molecule has 0 N–H and O–H groups in total. The molecule has 0 radical (unpaired) electrons. The Kier molecular flexibility index (Phi) is 11.5. The van der Waals surface area contributed by atoms with Crippen molar-refractivity contribution < 1.29 is 19.1 Å². The Morgan fingerprint density at radius 1 is 0.694 bits per heavy atom. The Morgan fingerprint density at radius 2 is 1.03 bits per heavy atom. The fourth-order valence-electron chi connectivity index (χ4n) is 4.46. The number of ether oxygens (including phenoxy) is 2. The summed E-state index contributed by atoms with van der Waals surface area (Å²) in [4.78, 5) is 29.7. The molecule has 8 heteroatoms. The fourth-order valence-corrected chi connectivity index (χ4v) is 4.71. The molecule has 0 amide bonds. The number of benzene rings is 2. The highest BCUT2D eigenvalue weighted by Crippen LogP contribution is 2.24. The van der Waals surface area contributed by atoms with Gasteiger partial charge in [-0.1, -0.05) is 61.3 Å². The number of carbonyl (C=O) groups excluding carboxylic acids is 2. The second-order valence-corrected chi connectivity index (χ2v) is 9.92. The van der Waals surface area contributed by atoms with E-state index >= 15 is 0 Å². The van der Waals surface area contributed by atoms with Gasteiger partial charge in [0.05, 0.1) is 11.8 Å². The summed E-state index contributed by atoms with van der Waals surface area (Å²) >= 11 is 11.9. The molecule has 1 aliphatic rings. The van der Waals surface area contributed by atoms with E-state index in [0.29, 0.717) is 49.2 Å². The van der Waals surface area contributed by atoms with Crippen LogP contribution in [0.15, 0.2) is 48.5 Å². The van der Waals surface area contributed by atoms with Gasteiger partial charge in [-0.25, -0.2) is 0 Å². The minimum atomic E-state index is -0.270. The molecule has 1 saturated heterocycles. The van der Waals surface area contributed by atoms with Crippen molar-refractivity contribution in [3.05, 3.63) is 69.7 Å². The number of esters is 2. The summed E-state index contributed by atoms with van der Waals surface area (Å²) in [5.74, 6) is -0.920. The second-order valence-electron chi connectivity index (χ2n) is 9.04. The molecular weight excluding hydrogens is 499 g/mol. The minimum absolute atomic E-state index is 0.191. The lowest BCUT2D eigenvalue weighted by atomic mass is 9.97. The maximum atomic E-state index is 12.6. The van der Waals surface area contributed by atoms with Crippen molar-refractivity contribution in [1.82, 2.24) is 9.80 Å². The lowest BCUT2D eigenvalue weighted by Crippen LogP contribution is -2.48. The van der Waals surface area contributed by atoms with Crippen molar-refractivity contribution in [2.24, 2.45) is 0 Å². The van der Waals surface area contributed by atoms with Crippen molar-refractivity contribution in [3.63, 3.8) is 0 Å². The summed E-state index contributed by atoms with van der Waals surface area (Å²) in [6.45, 7) is 9.71. The predicted molar refractivity (Wildman–Crippen MR) is 144 cm³/mol. The topological polar surface area (TPSA) is 59.1 Å². The first-order valence-electron chi connectivity index (χ1n) is 12.7. The van der Waals surface area contributed by atoms with Crippen molar-refractivity contribution in [1.29, 1.82) is 0 Å². The number of piperazine rings is 1. The minimum Gasteiger partial charge on any atom is -0.464 e. The molecule has 1 aliphatic heterocycles. The Balaban J connectivity index is 1.32. The maximum Gasteiger partial charge on any atom is 0.313 e. The molecule has 1 fully saturated rings. The third-order valence-corrected chi connectivity index (χ3v) is 7.20. The monoisotopic (exact) mass is 534 g/mol. The molecular formula is C28H36Cl2N2O4. The largest absolute Gasteiger partial charge is 0.464 e. The van der Waals surface area contributed by atoms with Crippen molar-refractivity contribution in [3.8, 4) is 0 Å². The number of rotatable bonds is 12. The van der Waals surface area contributed by atoms with Crippen LogP contribution < -0.4 is 0 Å². The molecule has 2 aromatic rings. The Labute approximate surface area is 224 Å². The van der Waals surface area contributed by atoms with Gasteiger partial charge in [0, 0.05) is 49.3 Å². The van der Waals surface area contributed by atoms with Crippen molar-refractivity contribution in [2.75, 3.05) is 52.5 Å². The number of hydrogen-bond donors (Lipinski definition) is 0. The lowest BCUT2D eigenvalue weighted by Gasteiger charge is -2.34. The molecule has 6 nitrogen and oxygen atoms in total. The highest BCUT2D eigenvalue weighted by atomic mass is 35.5. The van der Waals surface area contributed by atoms with Crippen LogP contribution in [-0.4, -0.2) is 74.2 Å². The zero-order valence-electron chi connectivity index (χ0n) is 21.1. The van der Waals surface area contributed by atoms with E-state index in [1.54, 1.807) is 24.3 Å². The van der Waals surface area contributed by atoms with Crippen LogP contribution in [0.2, 0.25) is 10.0 Å². The van der Waals surface area contributed by atoms with Gasteiger partial charge in [0.15, 0.2) is 0 Å². The van der Waals surface area contributed by atoms with Crippen molar-refractivity contribution >= 4 is 35.1 Å². The van der Waals surface area contributed by atoms with E-state index in [9.17, 15) is 9.59 Å². The average Bonchev–Trinajstić information content (AvgIpc) is 2.88. The molecule has 2 atom stereocenters. The summed E-state index contributed by atoms with van der Waals surface area (Å²) in [5, 5.41) is 1.31. The van der Waals surface area contributed by atoms with E-state index in [0.717, 1.165) is 37.3 Å². The Bertz CT molecular complexity index is 881. The van der Waals surface area contributed by atoms with Gasteiger partial charge in [-0.2, -0.15) is 0 Å². The average molecular weight is 536 g/mol. The van der Waals surface area contributed by atoms with Crippen molar-refractivity contribution in [2.45, 2.75) is 38.5 Å². The van der Waals surface area contributed by atoms with Crippen LogP contribution in [0.5, 0.6) is 0 Å². The molecule has 0 bridgehead atoms. The molecule has 196 valence electrons. The summed E-state index contributed by atoms with van der Waals surface area (Å²) in [6.07, 6.45) is 1.37. The fraction of sp³-hybridized carbons (Fsp3) is 0.500. The van der Waals surface area contributed by atoms with E-state index in [1.165, 1.54) is 0 Å². The lowest BCUT2D eigenvalue weighted by molar-refractivity contribution is -0.147. The Morgan fingerprint density at radius 3 is 1.33 bits per heavy atom. The van der Waals surface area contributed by atoms with E-state index in [-0.39, 0.29) is 23.8 Å². The summed E-state index contributed by atoms with van der Waals surface area (Å²) < 4.78 is 11.2. The Hall–Kier alpha value is -2.12. The van der Waals surface area contributed by atoms with Gasteiger partial charge >= 0.3 is 11.9 Å². The highest BCUT2D eigenvalue weighted by molar-refractivity contribution is 6.30. The molecule has 1 heterocycles. The smallest absolute Gasteiger partial charge is 0.313 e. The molecule has 3 rings (SSSR count). The van der Waals surface area contributed by atoms with Gasteiger partial charge in [-0.05, 0) is 48.2 Å². The van der Waals surface area contributed by atoms with Crippen LogP contribution in [0.4, 0.5) is 0 Å². The van der Waals surface area contributed by atoms with E-state index in [2.05, 4.69) is 9.80 Å². The van der Waals surface area contributed by atoms with E-state index in [4.69, 9.17) is 32.7 Å². The number of halogens is 2. The van der Waals surface area contributed by atoms with Crippen LogP contribution >= 0.6 is 23.2 Å². The third-order valence-electron chi connectivity index (χ3n) is 6.70. The number of hydrogen-bond acceptors (Lipinski definition) is 6. The molecule has 0 aromatic heterocycles. The van der Waals surface area contributed by atoms with Gasteiger partial charge in [-0.15, -0.1) is 0 Å². The summed E-state index contributed by atoms with van der Waals surface area (Å²) in [6, 6.07) is 14.7. The van der Waals surface area contributed by atoms with Crippen LogP contribution in [0.25, 0.3) is 0 Å². The summed E-state index contributed by atoms with van der Waals surface area (Å²) in [5.41, 5.74) is 1.86. The first kappa shape index (κ1) is 28.5. The zero-order valence-corrected chi connectivity index (χ0v) is 22.6. The van der Waals surface area contributed by atoms with Gasteiger partial charge < -0.3 is 9.47 Å². The van der Waals surface area contributed by atoms with Gasteiger partial charge in [0.25, 0.3) is 0 Å². The molecule has 2 unspecified atom stereocenters. The van der Waals surface area contributed by atoms with Gasteiger partial charge in [0.1, 0.15) is 13.2 Å². The van der Waals surface area contributed by atoms with Gasteiger partial charge in [-0.3, -0.25) is 19.4 Å². The number of carbonyl (C=O) groups is 2. The molecule has 0 spiro atoms. The zero-order chi connectivity index (χ0) is 25.9. The van der Waals surface area contributed by atoms with Crippen LogP contribution in [-0.2, 0) is 19.1 Å². The standard InChI is InChI=1S/C28H36Cl2N2O4/c1-3-25(21-5-9-23(29)10-6-21)27(33)35-19-17-31-13-15-32(16-14-31)18-20-36-28(34)26(4-2)22-7-11-24(30)12-8-22/h5-12,25-26H,3-4,13-20H2,1-2H3. The third kappa shape index (κ3) is 8.48. The first-order chi connectivity index (χ1) is 17.4. The van der Waals surface area contributed by atoms with E-state index in [1.807, 2.05) is 38.1 Å². The highest BCUT2D eigenvalue weighted by Gasteiger charge is 2.23. The molecule has 0 saturated carbocycles. The van der Waals surface area contributed by atoms with Crippen LogP contribution in [0.1, 0.15) is 49.7 Å². The number of nitrogens with zero attached hydrogens (tertiary/aromatic N) is 2. The SMILES string of the molecule is CCC(C(=O)OCCN1CCN(CCOC(=O)C(CC)c2ccc(Cl)cc2)CC1)c1ccc(Cl)cc1. The molecule has 36 heavy (non-hydrogen) atoms. The quantitative estimate of drug-likeness (QED) is 0.340. The summed E-state index contributed by atoms with van der Waals surface area (Å²) in [7, 11) is 0. The van der Waals surface area contributed by atoms with Gasteiger partial charge in [0.2, 0.25) is 0 Å². The van der Waals surface area contributed by atoms with E-state index < -0.39 is 0 Å². The predicted octanol–water partition coefficient (Wildman–Crippen LogP) is 5.38. The molecule has 2 aromatic carbocycles. The second kappa shape index (κ2) is 14.6. The van der Waals surface area contributed by atoms with Crippen LogP contribution in [0.3, 0.4) is 0 Å². The maximum absolute atomic E-state index is 12.6. The normalized spacial score (nSPS) is 16.3. The molecule has 0 aliphatic carbocycles. The van der Waals surface area contributed by atoms with Crippen LogP contribution in [0, 0.1) is 0 Å². The first-order valence-corrected chi connectivity index (χ1v) is 13.5.